The van der Waals surface area contributed by atoms with Crippen LogP contribution in [0.15, 0.2) is 36.4 Å². The molecule has 20 heavy (non-hydrogen) atoms. The van der Waals surface area contributed by atoms with Crippen LogP contribution in [0.2, 0.25) is 0 Å². The van der Waals surface area contributed by atoms with Crippen molar-refractivity contribution in [2.24, 2.45) is 5.92 Å². The van der Waals surface area contributed by atoms with Gasteiger partial charge in [-0.3, -0.25) is 0 Å². The molecule has 1 aromatic heterocycles. The number of hydrogen-bond donors (Lipinski definition) is 2. The Balaban J connectivity index is 1.83. The molecule has 4 heteroatoms. The van der Waals surface area contributed by atoms with Gasteiger partial charge in [0.1, 0.15) is 11.6 Å². The smallest absolute Gasteiger partial charge is 0.163 e. The average Bonchev–Trinajstić information content (AvgIpc) is 2.37. The number of nitrogens with one attached hydrogen (secondary N) is 1. The molecule has 0 radical (unpaired) electrons. The second-order valence-electron chi connectivity index (χ2n) is 5.49. The number of nitrogens with two attached hydrogens (primary N) is 1. The van der Waals surface area contributed by atoms with Gasteiger partial charge in [-0.25, -0.2) is 9.97 Å². The van der Waals surface area contributed by atoms with E-state index < -0.39 is 0 Å². The number of rotatable bonds is 4. The summed E-state index contributed by atoms with van der Waals surface area (Å²) >= 11 is 0. The first-order valence-corrected chi connectivity index (χ1v) is 7.19. The van der Waals surface area contributed by atoms with E-state index in [1.165, 1.54) is 19.3 Å². The van der Waals surface area contributed by atoms with E-state index in [1.807, 2.05) is 36.4 Å². The Morgan fingerprint density at radius 1 is 1.20 bits per heavy atom. The maximum absolute atomic E-state index is 5.90. The summed E-state index contributed by atoms with van der Waals surface area (Å²) in [7, 11) is 0. The molecule has 1 unspecified atom stereocenters. The Morgan fingerprint density at radius 3 is 2.60 bits per heavy atom. The van der Waals surface area contributed by atoms with Crippen molar-refractivity contribution < 1.29 is 0 Å². The summed E-state index contributed by atoms with van der Waals surface area (Å²) in [5.74, 6) is 2.75. The van der Waals surface area contributed by atoms with Crippen LogP contribution < -0.4 is 11.1 Å². The van der Waals surface area contributed by atoms with Gasteiger partial charge in [-0.2, -0.15) is 0 Å². The van der Waals surface area contributed by atoms with E-state index in [0.717, 1.165) is 17.3 Å². The number of hydrogen-bond acceptors (Lipinski definition) is 4. The van der Waals surface area contributed by atoms with Crippen molar-refractivity contribution in [1.82, 2.24) is 9.97 Å². The molecular formula is C16H20N4. The van der Waals surface area contributed by atoms with Gasteiger partial charge in [-0.1, -0.05) is 36.8 Å². The van der Waals surface area contributed by atoms with Crippen molar-refractivity contribution in [1.29, 1.82) is 0 Å². The summed E-state index contributed by atoms with van der Waals surface area (Å²) in [6.07, 6.45) is 3.96. The molecule has 2 aromatic rings. The Labute approximate surface area is 119 Å². The molecule has 0 aliphatic heterocycles. The van der Waals surface area contributed by atoms with Gasteiger partial charge < -0.3 is 11.1 Å². The minimum Gasteiger partial charge on any atom is -0.384 e. The van der Waals surface area contributed by atoms with Crippen LogP contribution >= 0.6 is 0 Å². The maximum atomic E-state index is 5.90. The quantitative estimate of drug-likeness (QED) is 0.892. The second-order valence-corrected chi connectivity index (χ2v) is 5.49. The third kappa shape index (κ3) is 2.74. The Morgan fingerprint density at radius 2 is 1.95 bits per heavy atom. The predicted molar refractivity (Wildman–Crippen MR) is 82.3 cm³/mol. The van der Waals surface area contributed by atoms with Crippen molar-refractivity contribution >= 4 is 11.6 Å². The van der Waals surface area contributed by atoms with E-state index in [-0.39, 0.29) is 0 Å². The molecule has 3 N–H and O–H groups in total. The Hall–Kier alpha value is -2.10. The zero-order valence-electron chi connectivity index (χ0n) is 11.7. The number of anilines is 2. The summed E-state index contributed by atoms with van der Waals surface area (Å²) in [4.78, 5) is 8.90. The molecule has 1 saturated carbocycles. The number of nitrogens with zero attached hydrogens (tertiary/aromatic N) is 2. The van der Waals surface area contributed by atoms with Gasteiger partial charge >= 0.3 is 0 Å². The van der Waals surface area contributed by atoms with Crippen LogP contribution in [0.1, 0.15) is 26.2 Å². The van der Waals surface area contributed by atoms with Crippen LogP contribution in [-0.4, -0.2) is 16.0 Å². The van der Waals surface area contributed by atoms with E-state index in [1.54, 1.807) is 0 Å². The van der Waals surface area contributed by atoms with Crippen molar-refractivity contribution in [3.05, 3.63) is 36.4 Å². The molecule has 0 saturated heterocycles. The average molecular weight is 268 g/mol. The zero-order chi connectivity index (χ0) is 13.9. The van der Waals surface area contributed by atoms with E-state index >= 15 is 0 Å². The first-order valence-electron chi connectivity index (χ1n) is 7.19. The summed E-state index contributed by atoms with van der Waals surface area (Å²) in [5, 5.41) is 3.46. The SMILES string of the molecule is CC(Nc1cc(N)nc(-c2ccccc2)n1)C1CCC1. The lowest BCUT2D eigenvalue weighted by atomic mass is 9.80. The minimum absolute atomic E-state index is 0.432. The van der Waals surface area contributed by atoms with Crippen LogP contribution in [0.4, 0.5) is 11.6 Å². The molecule has 1 aliphatic carbocycles. The number of nitrogen functional groups attached to an aromatic ring is 1. The van der Waals surface area contributed by atoms with E-state index in [9.17, 15) is 0 Å². The van der Waals surface area contributed by atoms with Gasteiger partial charge in [0.25, 0.3) is 0 Å². The van der Waals surface area contributed by atoms with E-state index in [0.29, 0.717) is 17.7 Å². The molecule has 1 aromatic carbocycles. The van der Waals surface area contributed by atoms with Crippen LogP contribution in [0.5, 0.6) is 0 Å². The van der Waals surface area contributed by atoms with Gasteiger partial charge in [0.2, 0.25) is 0 Å². The molecule has 4 nitrogen and oxygen atoms in total. The highest BCUT2D eigenvalue weighted by Crippen LogP contribution is 2.31. The summed E-state index contributed by atoms with van der Waals surface area (Å²) in [6.45, 7) is 2.21. The van der Waals surface area contributed by atoms with Crippen molar-refractivity contribution in [2.45, 2.75) is 32.2 Å². The summed E-state index contributed by atoms with van der Waals surface area (Å²) < 4.78 is 0. The van der Waals surface area contributed by atoms with Crippen LogP contribution in [0, 0.1) is 5.92 Å². The first-order chi connectivity index (χ1) is 9.72. The molecular weight excluding hydrogens is 248 g/mol. The van der Waals surface area contributed by atoms with Crippen LogP contribution in [0.3, 0.4) is 0 Å². The molecule has 1 aliphatic rings. The molecule has 1 heterocycles. The highest BCUT2D eigenvalue weighted by atomic mass is 15.1. The number of aromatic nitrogens is 2. The van der Waals surface area contributed by atoms with Gasteiger partial charge in [0.05, 0.1) is 0 Å². The zero-order valence-corrected chi connectivity index (χ0v) is 11.7. The molecule has 1 atom stereocenters. The normalized spacial score (nSPS) is 16.4. The molecule has 1 fully saturated rings. The van der Waals surface area contributed by atoms with Crippen molar-refractivity contribution in [2.75, 3.05) is 11.1 Å². The maximum Gasteiger partial charge on any atom is 0.163 e. The Kier molecular flexibility index (Phi) is 3.54. The van der Waals surface area contributed by atoms with Crippen LogP contribution in [-0.2, 0) is 0 Å². The summed E-state index contributed by atoms with van der Waals surface area (Å²) in [5.41, 5.74) is 6.89. The van der Waals surface area contributed by atoms with Gasteiger partial charge in [-0.15, -0.1) is 0 Å². The molecule has 104 valence electrons. The predicted octanol–water partition coefficient (Wildman–Crippen LogP) is 3.33. The fourth-order valence-corrected chi connectivity index (χ4v) is 2.55. The monoisotopic (exact) mass is 268 g/mol. The third-order valence-electron chi connectivity index (χ3n) is 4.01. The first kappa shape index (κ1) is 12.9. The second kappa shape index (κ2) is 5.49. The molecule has 3 rings (SSSR count). The fourth-order valence-electron chi connectivity index (χ4n) is 2.55. The third-order valence-corrected chi connectivity index (χ3v) is 4.01. The molecule has 0 amide bonds. The lowest BCUT2D eigenvalue weighted by Gasteiger charge is -2.32. The Bertz CT molecular complexity index is 578. The minimum atomic E-state index is 0.432. The van der Waals surface area contributed by atoms with Gasteiger partial charge in [-0.05, 0) is 25.7 Å². The topological polar surface area (TPSA) is 63.8 Å². The van der Waals surface area contributed by atoms with Gasteiger partial charge in [0, 0.05) is 17.7 Å². The lowest BCUT2D eigenvalue weighted by Crippen LogP contribution is -2.31. The number of benzene rings is 1. The summed E-state index contributed by atoms with van der Waals surface area (Å²) in [6, 6.07) is 12.2. The molecule has 0 spiro atoms. The van der Waals surface area contributed by atoms with E-state index in [4.69, 9.17) is 5.73 Å². The van der Waals surface area contributed by atoms with Crippen molar-refractivity contribution in [3.63, 3.8) is 0 Å². The standard InChI is InChI=1S/C16H20N4/c1-11(12-8-5-9-12)18-15-10-14(17)19-16(20-15)13-6-3-2-4-7-13/h2-4,6-7,10-12H,5,8-9H2,1H3,(H3,17,18,19,20). The lowest BCUT2D eigenvalue weighted by molar-refractivity contribution is 0.285. The van der Waals surface area contributed by atoms with E-state index in [2.05, 4.69) is 22.2 Å². The fraction of sp³-hybridized carbons (Fsp3) is 0.375. The van der Waals surface area contributed by atoms with Crippen molar-refractivity contribution in [3.8, 4) is 11.4 Å². The highest BCUT2D eigenvalue weighted by molar-refractivity contribution is 5.60. The van der Waals surface area contributed by atoms with Crippen LogP contribution in [0.25, 0.3) is 11.4 Å². The highest BCUT2D eigenvalue weighted by Gasteiger charge is 2.24. The largest absolute Gasteiger partial charge is 0.384 e. The molecule has 0 bridgehead atoms. The van der Waals surface area contributed by atoms with Gasteiger partial charge in [0.15, 0.2) is 5.82 Å².